The molecule has 0 aliphatic carbocycles. The molecule has 0 radical (unpaired) electrons. The average Bonchev–Trinajstić information content (AvgIpc) is 3.41. The number of benzene rings is 1. The highest BCUT2D eigenvalue weighted by Crippen LogP contribution is 2.36. The van der Waals surface area contributed by atoms with Crippen LogP contribution in [0.5, 0.6) is 0 Å². The Kier molecular flexibility index (Phi) is 6.94. The molecule has 2 aromatic heterocycles. The molecule has 2 N–H and O–H groups in total. The number of rotatable bonds is 8. The molecule has 4 rings (SSSR count). The summed E-state index contributed by atoms with van der Waals surface area (Å²) in [7, 11) is 0. The Morgan fingerprint density at radius 2 is 2.09 bits per heavy atom. The van der Waals surface area contributed by atoms with Crippen LogP contribution in [-0.4, -0.2) is 38.7 Å². The average molecular weight is 469 g/mol. The zero-order chi connectivity index (χ0) is 22.7. The van der Waals surface area contributed by atoms with Crippen LogP contribution in [0.1, 0.15) is 13.3 Å². The summed E-state index contributed by atoms with van der Waals surface area (Å²) < 4.78 is 2.12. The summed E-state index contributed by atoms with van der Waals surface area (Å²) in [6.45, 7) is 12.4. The normalized spacial score (nSPS) is 17.5. The molecule has 1 aliphatic rings. The highest BCUT2D eigenvalue weighted by atomic mass is 35.5. The number of nitrogens with one attached hydrogen (secondary N) is 2. The molecule has 2 unspecified atom stereocenters. The van der Waals surface area contributed by atoms with E-state index in [-0.39, 0.29) is 6.04 Å². The van der Waals surface area contributed by atoms with Gasteiger partial charge in [0.05, 0.1) is 27.8 Å². The molecule has 6 nitrogen and oxygen atoms in total. The first-order valence-electron chi connectivity index (χ1n) is 10.6. The Hall–Kier alpha value is -2.67. The van der Waals surface area contributed by atoms with E-state index in [0.717, 1.165) is 37.3 Å². The third kappa shape index (κ3) is 4.58. The van der Waals surface area contributed by atoms with Crippen LogP contribution in [0.15, 0.2) is 61.4 Å². The van der Waals surface area contributed by atoms with E-state index in [1.165, 1.54) is 0 Å². The summed E-state index contributed by atoms with van der Waals surface area (Å²) >= 11 is 13.1. The summed E-state index contributed by atoms with van der Waals surface area (Å²) in [6, 6.07) is 5.45. The minimum atomic E-state index is -0.0316. The van der Waals surface area contributed by atoms with Gasteiger partial charge < -0.3 is 15.2 Å². The van der Waals surface area contributed by atoms with Crippen molar-refractivity contribution in [1.29, 1.82) is 0 Å². The van der Waals surface area contributed by atoms with Gasteiger partial charge in [0.15, 0.2) is 5.65 Å². The minimum absolute atomic E-state index is 0.0316. The lowest BCUT2D eigenvalue weighted by Crippen LogP contribution is -2.19. The Bertz CT molecular complexity index is 1160. The molecule has 0 bridgehead atoms. The number of nitrogens with zero attached hydrogens (tertiary/aromatic N) is 4. The van der Waals surface area contributed by atoms with Gasteiger partial charge >= 0.3 is 0 Å². The third-order valence-corrected chi connectivity index (χ3v) is 6.30. The first kappa shape index (κ1) is 22.5. The smallest absolute Gasteiger partial charge is 0.225 e. The maximum absolute atomic E-state index is 6.54. The summed E-state index contributed by atoms with van der Waals surface area (Å²) in [5.41, 5.74) is 3.16. The Balaban J connectivity index is 1.80. The van der Waals surface area contributed by atoms with Crippen LogP contribution in [0.3, 0.4) is 0 Å². The fraction of sp³-hybridized carbons (Fsp3) is 0.292. The summed E-state index contributed by atoms with van der Waals surface area (Å²) in [6.07, 6.45) is 8.28. The topological polar surface area (TPSA) is 67.7 Å². The lowest BCUT2D eigenvalue weighted by molar-refractivity contribution is 0.490. The van der Waals surface area contributed by atoms with Crippen LogP contribution in [0.25, 0.3) is 22.6 Å². The Morgan fingerprint density at radius 3 is 2.75 bits per heavy atom. The second-order valence-electron chi connectivity index (χ2n) is 7.88. The van der Waals surface area contributed by atoms with Crippen molar-refractivity contribution >= 4 is 40.3 Å². The van der Waals surface area contributed by atoms with Crippen molar-refractivity contribution in [3.8, 4) is 11.4 Å². The SMILES string of the molecule is C=C/C=C(\C=C)C(C)Nc1ncc2nc(-c3c(Cl)cccc3Cl)n(CC3CCNC3)c2n1. The van der Waals surface area contributed by atoms with Gasteiger partial charge in [-0.25, -0.2) is 9.97 Å². The van der Waals surface area contributed by atoms with E-state index in [1.54, 1.807) is 18.3 Å². The maximum Gasteiger partial charge on any atom is 0.225 e. The molecule has 3 heterocycles. The molecular weight excluding hydrogens is 443 g/mol. The van der Waals surface area contributed by atoms with E-state index >= 15 is 0 Å². The van der Waals surface area contributed by atoms with Gasteiger partial charge in [0.2, 0.25) is 5.95 Å². The van der Waals surface area contributed by atoms with E-state index < -0.39 is 0 Å². The minimum Gasteiger partial charge on any atom is -0.348 e. The molecule has 1 saturated heterocycles. The van der Waals surface area contributed by atoms with Crippen LogP contribution in [-0.2, 0) is 6.54 Å². The number of fused-ring (bicyclic) bond motifs is 1. The highest BCUT2D eigenvalue weighted by Gasteiger charge is 2.23. The first-order valence-corrected chi connectivity index (χ1v) is 11.4. The standard InChI is InChI=1S/C24H26Cl2N6/c1-4-7-17(5-2)15(3)29-24-28-13-20-22(31-24)32(14-16-10-11-27-12-16)23(30-20)21-18(25)8-6-9-19(21)26/h4-9,13,15-16,27H,1-2,10-12,14H2,3H3,(H,28,29,31)/b17-7+. The summed E-state index contributed by atoms with van der Waals surface area (Å²) in [5.74, 6) is 1.70. The van der Waals surface area contributed by atoms with Gasteiger partial charge in [-0.3, -0.25) is 0 Å². The fourth-order valence-corrected chi connectivity index (χ4v) is 4.56. The molecule has 1 fully saturated rings. The van der Waals surface area contributed by atoms with Crippen LogP contribution >= 0.6 is 23.2 Å². The maximum atomic E-state index is 6.54. The van der Waals surface area contributed by atoms with Crippen molar-refractivity contribution in [3.63, 3.8) is 0 Å². The molecule has 3 aromatic rings. The Morgan fingerprint density at radius 1 is 1.31 bits per heavy atom. The van der Waals surface area contributed by atoms with Gasteiger partial charge in [-0.15, -0.1) is 0 Å². The summed E-state index contributed by atoms with van der Waals surface area (Å²) in [5, 5.41) is 7.89. The molecule has 8 heteroatoms. The van der Waals surface area contributed by atoms with Crippen LogP contribution in [0.2, 0.25) is 10.0 Å². The zero-order valence-corrected chi connectivity index (χ0v) is 19.5. The van der Waals surface area contributed by atoms with E-state index in [1.807, 2.05) is 31.2 Å². The van der Waals surface area contributed by atoms with Gasteiger partial charge in [0, 0.05) is 6.54 Å². The number of anilines is 1. The second-order valence-corrected chi connectivity index (χ2v) is 8.69. The van der Waals surface area contributed by atoms with E-state index in [4.69, 9.17) is 33.2 Å². The first-order chi connectivity index (χ1) is 15.5. The number of aromatic nitrogens is 4. The predicted octanol–water partition coefficient (Wildman–Crippen LogP) is 5.51. The molecule has 0 spiro atoms. The molecule has 1 aromatic carbocycles. The van der Waals surface area contributed by atoms with Crippen molar-refractivity contribution in [2.24, 2.45) is 5.92 Å². The number of hydrogen-bond acceptors (Lipinski definition) is 5. The van der Waals surface area contributed by atoms with Gasteiger partial charge in [-0.05, 0) is 50.1 Å². The van der Waals surface area contributed by atoms with Crippen molar-refractivity contribution in [3.05, 3.63) is 71.4 Å². The van der Waals surface area contributed by atoms with Crippen LogP contribution in [0.4, 0.5) is 5.95 Å². The van der Waals surface area contributed by atoms with Gasteiger partial charge in [0.1, 0.15) is 11.3 Å². The van der Waals surface area contributed by atoms with Crippen molar-refractivity contribution in [1.82, 2.24) is 24.8 Å². The van der Waals surface area contributed by atoms with E-state index in [0.29, 0.717) is 38.8 Å². The number of halogens is 2. The Labute approximate surface area is 198 Å². The van der Waals surface area contributed by atoms with E-state index in [2.05, 4.69) is 33.3 Å². The lowest BCUT2D eigenvalue weighted by Gasteiger charge is -2.16. The second kappa shape index (κ2) is 9.86. The molecule has 166 valence electrons. The van der Waals surface area contributed by atoms with Crippen molar-refractivity contribution in [2.45, 2.75) is 25.9 Å². The predicted molar refractivity (Wildman–Crippen MR) is 133 cm³/mol. The lowest BCUT2D eigenvalue weighted by atomic mass is 10.1. The molecule has 1 aliphatic heterocycles. The van der Waals surface area contributed by atoms with Crippen LogP contribution < -0.4 is 10.6 Å². The molecular formula is C24H26Cl2N6. The van der Waals surface area contributed by atoms with Crippen LogP contribution in [0, 0.1) is 5.92 Å². The molecule has 2 atom stereocenters. The largest absolute Gasteiger partial charge is 0.348 e. The van der Waals surface area contributed by atoms with Crippen molar-refractivity contribution in [2.75, 3.05) is 18.4 Å². The molecule has 0 amide bonds. The molecule has 32 heavy (non-hydrogen) atoms. The van der Waals surface area contributed by atoms with Gasteiger partial charge in [-0.2, -0.15) is 4.98 Å². The monoisotopic (exact) mass is 468 g/mol. The number of allylic oxidation sites excluding steroid dienone is 2. The summed E-state index contributed by atoms with van der Waals surface area (Å²) in [4.78, 5) is 14.1. The van der Waals surface area contributed by atoms with E-state index in [9.17, 15) is 0 Å². The number of imidazole rings is 1. The zero-order valence-electron chi connectivity index (χ0n) is 18.0. The highest BCUT2D eigenvalue weighted by molar-refractivity contribution is 6.39. The van der Waals surface area contributed by atoms with Gasteiger partial charge in [0.25, 0.3) is 0 Å². The fourth-order valence-electron chi connectivity index (χ4n) is 3.99. The number of hydrogen-bond donors (Lipinski definition) is 2. The quantitative estimate of drug-likeness (QED) is 0.426. The van der Waals surface area contributed by atoms with Crippen molar-refractivity contribution < 1.29 is 0 Å². The van der Waals surface area contributed by atoms with Gasteiger partial charge in [-0.1, -0.05) is 60.7 Å². The molecule has 0 saturated carbocycles. The third-order valence-electron chi connectivity index (χ3n) is 5.67.